The maximum Gasteiger partial charge on any atom is 0.101 e. The van der Waals surface area contributed by atoms with Gasteiger partial charge in [0, 0.05) is 43.3 Å². The van der Waals surface area contributed by atoms with Gasteiger partial charge in [-0.25, -0.2) is 0 Å². The largest absolute Gasteiger partial charge is 0.393 e. The Bertz CT molecular complexity index is 1320. The van der Waals surface area contributed by atoms with Crippen molar-refractivity contribution >= 4 is 47.0 Å². The highest BCUT2D eigenvalue weighted by Gasteiger charge is 2.19. The molecule has 0 aromatic heterocycles. The van der Waals surface area contributed by atoms with Crippen LogP contribution in [-0.4, -0.2) is 288 Å². The highest BCUT2D eigenvalue weighted by molar-refractivity contribution is 7.99. The van der Waals surface area contributed by atoms with E-state index in [-0.39, 0.29) is 55.3 Å². The van der Waals surface area contributed by atoms with Crippen LogP contribution in [0.1, 0.15) is 287 Å². The van der Waals surface area contributed by atoms with Gasteiger partial charge in [0.05, 0.1) is 154 Å². The summed E-state index contributed by atoms with van der Waals surface area (Å²) in [5.41, 5.74) is 0.0312. The molecule has 0 fully saturated rings. The van der Waals surface area contributed by atoms with Gasteiger partial charge in [-0.2, -0.15) is 47.0 Å². The van der Waals surface area contributed by atoms with E-state index in [0.29, 0.717) is 111 Å². The lowest BCUT2D eigenvalue weighted by Gasteiger charge is -2.24. The molecule has 0 aromatic carbocycles. The molecule has 0 rings (SSSR count). The molecule has 0 spiro atoms. The number of unbranched alkanes of at least 4 members (excludes halogenated alkanes) is 7. The Morgan fingerprint density at radius 1 is 0.267 bits per heavy atom. The Hall–Kier alpha value is 0.600. The first kappa shape index (κ1) is 126. The molecule has 11 unspecified atom stereocenters. The van der Waals surface area contributed by atoms with Gasteiger partial charge >= 0.3 is 0 Å². The first-order chi connectivity index (χ1) is 50.1. The molecule has 0 heterocycles. The number of hydrogen-bond acceptors (Lipinski definition) is 24. The van der Waals surface area contributed by atoms with E-state index >= 15 is 0 Å². The van der Waals surface area contributed by atoms with Gasteiger partial charge in [0.15, 0.2) is 0 Å². The minimum atomic E-state index is -0.594. The summed E-state index contributed by atoms with van der Waals surface area (Å²) in [4.78, 5) is 0. The fraction of sp³-hybridized carbons (Fsp3) is 1.00. The van der Waals surface area contributed by atoms with Crippen LogP contribution in [0.3, 0.4) is 0 Å². The molecule has 650 valence electrons. The molecule has 0 aliphatic rings. The van der Waals surface area contributed by atoms with Crippen molar-refractivity contribution in [1.82, 2.24) is 0 Å². The number of thioether (sulfide) groups is 4. The highest BCUT2D eigenvalue weighted by atomic mass is 32.2. The van der Waals surface area contributed by atoms with E-state index in [1.807, 2.05) is 92.8 Å². The molecule has 11 N–H and O–H groups in total. The van der Waals surface area contributed by atoms with Crippen molar-refractivity contribution in [1.29, 1.82) is 0 Å². The average Bonchev–Trinajstić information content (AvgIpc) is 0.946. The van der Waals surface area contributed by atoms with E-state index in [9.17, 15) is 25.5 Å². The van der Waals surface area contributed by atoms with Gasteiger partial charge in [-0.15, -0.1) is 0 Å². The predicted octanol–water partition coefficient (Wildman–Crippen LogP) is 15.5. The summed E-state index contributed by atoms with van der Waals surface area (Å²) in [5, 5.41) is 101. The summed E-state index contributed by atoms with van der Waals surface area (Å²) in [7, 11) is 0. The molecule has 105 heavy (non-hydrogen) atoms. The molecule has 0 amide bonds. The Balaban J connectivity index is -0.000000121. The molecule has 0 saturated carbocycles. The quantitative estimate of drug-likeness (QED) is 0.0252. The lowest BCUT2D eigenvalue weighted by molar-refractivity contribution is -0.0379. The van der Waals surface area contributed by atoms with Gasteiger partial charge in [0.25, 0.3) is 0 Å². The first-order valence-electron chi connectivity index (χ1n) is 41.1. The topological polar surface area (TPSA) is 306 Å². The van der Waals surface area contributed by atoms with E-state index in [0.717, 1.165) is 94.9 Å². The van der Waals surface area contributed by atoms with Crippen molar-refractivity contribution in [3.63, 3.8) is 0 Å². The molecular weight excluding hydrogens is 1420 g/mol. The standard InChI is InChI=1S/C11H24O3.C11H24O.C10H22O3.C9H20O4.C9H20O3S.C9H20O2S.C7H16O3.C6H14OS.C6H14S.C3H8/c1-5-10(12)7-14-9-11(3,4)8-13-6-2;1-3-5-6-7-8-9-10-11(12)4-2;1-3-5-6-10(12)8-13-7-9(11)4-2;1-3-8(10)5-13-7-9(11)6-12-4-2;1-3-8(10)5-12-6-9(11)7-13-4-2;1-3-9(10)8-11-6-5-7-12-4-2;1-3-9-4-5-10-6-7(2)8;1-3-6(7)5-8-4-2;1-3-5-6-7-4-2;1-3-2/h10,12H,5-9H2,1-4H3;11-12H,3-10H2,1-2H3;9-12H,3-8H2,1-2H3;2*8-11H,3-7H2,1-2H3;9-10H,3-8H2,1-2H3;7-8H,3-6H2,1-2H3;6-7H,3-5H2,1-2H3;3-6H2,1-2H3;3H2,1-2H3. The maximum absolute atomic E-state index is 9.36. The fourth-order valence-electron chi connectivity index (χ4n) is 6.90. The number of rotatable bonds is 62. The third kappa shape index (κ3) is 143. The van der Waals surface area contributed by atoms with Gasteiger partial charge in [-0.3, -0.25) is 0 Å². The summed E-state index contributed by atoms with van der Waals surface area (Å²) in [6, 6.07) is 0. The van der Waals surface area contributed by atoms with Crippen LogP contribution in [0.2, 0.25) is 0 Å². The van der Waals surface area contributed by atoms with Crippen LogP contribution < -0.4 is 0 Å². The molecule has 0 aromatic rings. The van der Waals surface area contributed by atoms with Crippen LogP contribution in [-0.2, 0) is 42.6 Å². The van der Waals surface area contributed by atoms with Crippen LogP contribution in [0.15, 0.2) is 0 Å². The Labute approximate surface area is 666 Å². The Kier molecular flexibility index (Phi) is 136. The number of aliphatic hydroxyl groups excluding tert-OH is 11. The van der Waals surface area contributed by atoms with Crippen molar-refractivity contribution in [3.05, 3.63) is 0 Å². The molecule has 0 aliphatic carbocycles. The minimum Gasteiger partial charge on any atom is -0.393 e. The highest BCUT2D eigenvalue weighted by Crippen LogP contribution is 2.16. The SMILES string of the molecule is CCC.CCCCC(O)COCC(O)CC.CCCCCCCCC(O)CC.CCCCSCC.CCOCC(C)(C)COCC(O)CC.CCOCC(O)COCC(O)CC.CCOCCOCC(C)O.CCSCC(O)CC.CCSCC(O)COCC(O)CC.CCSCCCOCC(O)CC. The lowest BCUT2D eigenvalue weighted by atomic mass is 9.96. The third-order valence-corrected chi connectivity index (χ3v) is 17.9. The molecule has 0 radical (unpaired) electrons. The van der Waals surface area contributed by atoms with Crippen molar-refractivity contribution in [2.45, 2.75) is 354 Å². The molecule has 0 saturated heterocycles. The summed E-state index contributed by atoms with van der Waals surface area (Å²) in [5.74, 6) is 8.70. The Morgan fingerprint density at radius 2 is 0.590 bits per heavy atom. The lowest BCUT2D eigenvalue weighted by Crippen LogP contribution is -2.27. The van der Waals surface area contributed by atoms with E-state index in [2.05, 4.69) is 76.2 Å². The van der Waals surface area contributed by atoms with Crippen molar-refractivity contribution in [3.8, 4) is 0 Å². The zero-order valence-electron chi connectivity index (χ0n) is 72.3. The van der Waals surface area contributed by atoms with Crippen molar-refractivity contribution < 1.29 is 98.8 Å². The first-order valence-corrected chi connectivity index (χ1v) is 45.8. The number of aliphatic hydroxyl groups is 11. The zero-order valence-corrected chi connectivity index (χ0v) is 75.6. The van der Waals surface area contributed by atoms with Crippen molar-refractivity contribution in [2.75, 3.05) is 165 Å². The summed E-state index contributed by atoms with van der Waals surface area (Å²) in [6.45, 7) is 53.4. The second-order valence-electron chi connectivity index (χ2n) is 26.0. The third-order valence-electron chi connectivity index (χ3n) is 13.9. The molecule has 11 atom stereocenters. The molecule has 24 heteroatoms. The molecule has 0 aliphatic heterocycles. The molecule has 20 nitrogen and oxygen atoms in total. The number of hydrogen-bond donors (Lipinski definition) is 11. The van der Waals surface area contributed by atoms with Gasteiger partial charge < -0.3 is 98.8 Å². The van der Waals surface area contributed by atoms with Gasteiger partial charge in [0.1, 0.15) is 6.10 Å². The van der Waals surface area contributed by atoms with Crippen molar-refractivity contribution in [2.24, 2.45) is 5.41 Å². The normalized spacial score (nSPS) is 13.9. The van der Waals surface area contributed by atoms with E-state index < -0.39 is 30.5 Å². The maximum atomic E-state index is 9.36. The predicted molar refractivity (Wildman–Crippen MR) is 457 cm³/mol. The second-order valence-corrected chi connectivity index (χ2v) is 31.4. The van der Waals surface area contributed by atoms with Gasteiger partial charge in [0.2, 0.25) is 0 Å². The fourth-order valence-corrected chi connectivity index (χ4v) is 9.64. The monoisotopic (exact) mass is 1600 g/mol. The van der Waals surface area contributed by atoms with E-state index in [4.69, 9.17) is 73.3 Å². The van der Waals surface area contributed by atoms with E-state index in [1.54, 1.807) is 30.4 Å². The summed E-state index contributed by atoms with van der Waals surface area (Å²) >= 11 is 7.44. The minimum absolute atomic E-state index is 0.0312. The smallest absolute Gasteiger partial charge is 0.101 e. The molecule has 0 bridgehead atoms. The van der Waals surface area contributed by atoms with E-state index in [1.165, 1.54) is 80.8 Å². The van der Waals surface area contributed by atoms with Gasteiger partial charge in [-0.1, -0.05) is 189 Å². The van der Waals surface area contributed by atoms with Crippen LogP contribution in [0, 0.1) is 5.41 Å². The van der Waals surface area contributed by atoms with Crippen LogP contribution in [0.5, 0.6) is 0 Å². The zero-order chi connectivity index (χ0) is 82.3. The number of ether oxygens (including phenoxy) is 9. The van der Waals surface area contributed by atoms with Gasteiger partial charge in [-0.05, 0) is 133 Å². The Morgan fingerprint density at radius 3 is 1.00 bits per heavy atom. The summed E-state index contributed by atoms with van der Waals surface area (Å²) in [6.07, 6.45) is 18.6. The molecular formula is C81H182O20S4. The second kappa shape index (κ2) is 113. The summed E-state index contributed by atoms with van der Waals surface area (Å²) < 4.78 is 46.4. The average molecular weight is 1600 g/mol. The van der Waals surface area contributed by atoms with Crippen LogP contribution in [0.4, 0.5) is 0 Å². The van der Waals surface area contributed by atoms with Crippen LogP contribution in [0.25, 0.3) is 0 Å². The van der Waals surface area contributed by atoms with Crippen LogP contribution >= 0.6 is 47.0 Å².